The van der Waals surface area contributed by atoms with Gasteiger partial charge in [-0.1, -0.05) is 17.0 Å². The number of aliphatic hydroxyl groups excluding tert-OH is 2. The number of aromatic nitrogens is 3. The molecule has 0 spiro atoms. The molecule has 3 heterocycles. The Hall–Kier alpha value is -2.92. The van der Waals surface area contributed by atoms with E-state index in [-0.39, 0.29) is 6.61 Å². The molecular weight excluding hydrogens is 392 g/mol. The highest BCUT2D eigenvalue weighted by molar-refractivity contribution is 5.59. The summed E-state index contributed by atoms with van der Waals surface area (Å²) in [7, 11) is 0. The number of fused-ring (bicyclic) bond motifs is 1. The first-order valence-corrected chi connectivity index (χ1v) is 10.7. The van der Waals surface area contributed by atoms with Crippen molar-refractivity contribution in [1.29, 1.82) is 0 Å². The van der Waals surface area contributed by atoms with Gasteiger partial charge in [0.2, 0.25) is 0 Å². The van der Waals surface area contributed by atoms with Crippen molar-refractivity contribution in [2.24, 2.45) is 17.8 Å². The molecule has 31 heavy (non-hydrogen) atoms. The number of hydrogen-bond acceptors (Lipinski definition) is 6. The normalized spacial score (nSPS) is 23.3. The number of piperidine rings is 1. The number of imidazole rings is 1. The molecule has 4 atom stereocenters. The Morgan fingerprint density at radius 2 is 2.00 bits per heavy atom. The van der Waals surface area contributed by atoms with Crippen LogP contribution in [0.5, 0.6) is 0 Å². The lowest BCUT2D eigenvalue weighted by molar-refractivity contribution is 0.184. The number of hydrogen-bond donors (Lipinski definition) is 2. The van der Waals surface area contributed by atoms with Crippen LogP contribution >= 0.6 is 0 Å². The third-order valence-corrected chi connectivity index (χ3v) is 6.25. The molecule has 1 saturated heterocycles. The molecule has 0 radical (unpaired) electrons. The Bertz CT molecular complexity index is 1090. The average molecular weight is 418 g/mol. The summed E-state index contributed by atoms with van der Waals surface area (Å²) in [6.45, 7) is 5.33. The molecule has 1 aliphatic carbocycles. The third kappa shape index (κ3) is 4.15. The van der Waals surface area contributed by atoms with E-state index < -0.39 is 6.10 Å². The zero-order valence-corrected chi connectivity index (χ0v) is 17.5. The summed E-state index contributed by atoms with van der Waals surface area (Å²) in [6, 6.07) is 9.95. The molecule has 3 aromatic rings. The maximum absolute atomic E-state index is 9.79. The molecule has 2 fully saturated rings. The van der Waals surface area contributed by atoms with Crippen LogP contribution in [-0.2, 0) is 6.54 Å². The summed E-state index contributed by atoms with van der Waals surface area (Å²) in [5.41, 5.74) is 2.73. The van der Waals surface area contributed by atoms with Gasteiger partial charge in [0.25, 0.3) is 0 Å². The highest BCUT2D eigenvalue weighted by Crippen LogP contribution is 2.51. The molecule has 0 amide bonds. The Balaban J connectivity index is 1.20. The van der Waals surface area contributed by atoms with Crippen LogP contribution in [0.1, 0.15) is 30.1 Å². The fourth-order valence-electron chi connectivity index (χ4n) is 4.56. The Labute approximate surface area is 181 Å². The number of likely N-dealkylation sites (tertiary alicyclic amines) is 1. The van der Waals surface area contributed by atoms with Gasteiger partial charge in [-0.2, -0.15) is 0 Å². The van der Waals surface area contributed by atoms with Crippen LogP contribution in [0.4, 0.5) is 0 Å². The SMILES string of the molecule is C[C@H](O)c1nccn1Cc1cc(-c2ccc(C#C[C@@H]3[C@H]4CN(CCO)C[C@@H]34)cc2)on1. The molecule has 5 rings (SSSR count). The maximum atomic E-state index is 9.79. The second kappa shape index (κ2) is 8.31. The fraction of sp³-hybridized carbons (Fsp3) is 0.417. The Kier molecular flexibility index (Phi) is 5.36. The summed E-state index contributed by atoms with van der Waals surface area (Å²) < 4.78 is 7.39. The molecule has 7 nitrogen and oxygen atoms in total. The average Bonchev–Trinajstić information content (AvgIpc) is 3.24. The van der Waals surface area contributed by atoms with Gasteiger partial charge in [-0.05, 0) is 43.0 Å². The van der Waals surface area contributed by atoms with Crippen molar-refractivity contribution in [3.8, 4) is 23.2 Å². The van der Waals surface area contributed by atoms with Gasteiger partial charge in [0.15, 0.2) is 5.76 Å². The predicted octanol–water partition coefficient (Wildman–Crippen LogP) is 2.16. The maximum Gasteiger partial charge on any atom is 0.167 e. The van der Waals surface area contributed by atoms with Crippen LogP contribution in [0.25, 0.3) is 11.3 Å². The number of nitrogens with zero attached hydrogens (tertiary/aromatic N) is 4. The van der Waals surface area contributed by atoms with Gasteiger partial charge in [0.1, 0.15) is 17.6 Å². The van der Waals surface area contributed by atoms with E-state index >= 15 is 0 Å². The summed E-state index contributed by atoms with van der Waals surface area (Å²) >= 11 is 0. The molecular formula is C24H26N4O3. The van der Waals surface area contributed by atoms with Gasteiger partial charge in [0.05, 0.1) is 13.2 Å². The van der Waals surface area contributed by atoms with Crippen molar-refractivity contribution in [3.63, 3.8) is 0 Å². The van der Waals surface area contributed by atoms with E-state index in [2.05, 4.69) is 26.9 Å². The largest absolute Gasteiger partial charge is 0.395 e. The predicted molar refractivity (Wildman–Crippen MR) is 115 cm³/mol. The Morgan fingerprint density at radius 3 is 2.71 bits per heavy atom. The molecule has 160 valence electrons. The van der Waals surface area contributed by atoms with Crippen molar-refractivity contribution >= 4 is 0 Å². The number of benzene rings is 1. The molecule has 0 unspecified atom stereocenters. The molecule has 1 saturated carbocycles. The van der Waals surface area contributed by atoms with Crippen LogP contribution < -0.4 is 0 Å². The third-order valence-electron chi connectivity index (χ3n) is 6.25. The second-order valence-electron chi connectivity index (χ2n) is 8.46. The van der Waals surface area contributed by atoms with Crippen LogP contribution in [-0.4, -0.2) is 56.1 Å². The van der Waals surface area contributed by atoms with Crippen molar-refractivity contribution < 1.29 is 14.7 Å². The first-order chi connectivity index (χ1) is 15.1. The van der Waals surface area contributed by atoms with E-state index in [0.29, 0.717) is 35.9 Å². The number of rotatable bonds is 6. The van der Waals surface area contributed by atoms with E-state index in [1.807, 2.05) is 41.1 Å². The van der Waals surface area contributed by atoms with Gasteiger partial charge in [-0.3, -0.25) is 0 Å². The highest BCUT2D eigenvalue weighted by atomic mass is 16.5. The Morgan fingerprint density at radius 1 is 1.23 bits per heavy atom. The molecule has 1 aliphatic heterocycles. The number of β-amino-alcohol motifs (C(OH)–C–C–N with tert-alkyl or cyclic N) is 1. The van der Waals surface area contributed by atoms with E-state index in [0.717, 1.165) is 36.5 Å². The van der Waals surface area contributed by atoms with Crippen molar-refractivity contribution in [2.45, 2.75) is 19.6 Å². The van der Waals surface area contributed by atoms with Crippen molar-refractivity contribution in [2.75, 3.05) is 26.2 Å². The molecule has 0 bridgehead atoms. The molecule has 2 N–H and O–H groups in total. The first kappa shape index (κ1) is 20.0. The molecule has 7 heteroatoms. The molecule has 2 aliphatic rings. The van der Waals surface area contributed by atoms with Crippen molar-refractivity contribution in [1.82, 2.24) is 19.6 Å². The summed E-state index contributed by atoms with van der Waals surface area (Å²) in [5, 5.41) is 23.0. The second-order valence-corrected chi connectivity index (χ2v) is 8.46. The van der Waals surface area contributed by atoms with E-state index in [1.54, 1.807) is 13.1 Å². The minimum absolute atomic E-state index is 0.237. The summed E-state index contributed by atoms with van der Waals surface area (Å²) in [6.07, 6.45) is 2.86. The first-order valence-electron chi connectivity index (χ1n) is 10.7. The van der Waals surface area contributed by atoms with Gasteiger partial charge < -0.3 is 24.2 Å². The van der Waals surface area contributed by atoms with Crippen LogP contribution in [0, 0.1) is 29.6 Å². The molecule has 1 aromatic carbocycles. The standard InChI is InChI=1S/C24H26N4O3/c1-16(30)24-25-8-9-28(24)13-19-12-23(31-26-19)18-5-2-17(3-6-18)4-7-20-21-14-27(10-11-29)15-22(20)21/h2-3,5-6,8-9,12,16,20-22,29-30H,10-11,13-15H2,1H3/t16-,20-,21-,22+/m0/s1. The van der Waals surface area contributed by atoms with E-state index in [1.165, 1.54) is 0 Å². The minimum atomic E-state index is -0.635. The fourth-order valence-corrected chi connectivity index (χ4v) is 4.56. The zero-order valence-electron chi connectivity index (χ0n) is 17.5. The minimum Gasteiger partial charge on any atom is -0.395 e. The lowest BCUT2D eigenvalue weighted by atomic mass is 10.1. The quantitative estimate of drug-likeness (QED) is 0.597. The summed E-state index contributed by atoms with van der Waals surface area (Å²) in [5.74, 6) is 9.91. The van der Waals surface area contributed by atoms with Gasteiger partial charge >= 0.3 is 0 Å². The van der Waals surface area contributed by atoms with Crippen LogP contribution in [0.15, 0.2) is 47.2 Å². The van der Waals surface area contributed by atoms with E-state index in [9.17, 15) is 5.11 Å². The molecule has 2 aromatic heterocycles. The highest BCUT2D eigenvalue weighted by Gasteiger charge is 2.54. The van der Waals surface area contributed by atoms with E-state index in [4.69, 9.17) is 9.63 Å². The lowest BCUT2D eigenvalue weighted by Crippen LogP contribution is -2.27. The van der Waals surface area contributed by atoms with Crippen molar-refractivity contribution in [3.05, 3.63) is 59.8 Å². The van der Waals surface area contributed by atoms with Crippen LogP contribution in [0.2, 0.25) is 0 Å². The van der Waals surface area contributed by atoms with Crippen LogP contribution in [0.3, 0.4) is 0 Å². The van der Waals surface area contributed by atoms with Gasteiger partial charge in [-0.15, -0.1) is 0 Å². The van der Waals surface area contributed by atoms with Gasteiger partial charge in [-0.25, -0.2) is 4.98 Å². The lowest BCUT2D eigenvalue weighted by Gasteiger charge is -2.16. The zero-order chi connectivity index (χ0) is 21.4. The monoisotopic (exact) mass is 418 g/mol. The summed E-state index contributed by atoms with van der Waals surface area (Å²) in [4.78, 5) is 6.51. The van der Waals surface area contributed by atoms with Gasteiger partial charge in [0, 0.05) is 55.1 Å². The topological polar surface area (TPSA) is 87.6 Å². The smallest absolute Gasteiger partial charge is 0.167 e. The number of aliphatic hydroxyl groups is 2.